The Bertz CT molecular complexity index is 3330. The second kappa shape index (κ2) is 12.3. The third kappa shape index (κ3) is 4.57. The molecule has 5 heteroatoms. The van der Waals surface area contributed by atoms with Crippen LogP contribution in [0.1, 0.15) is 25.0 Å². The molecule has 0 N–H and O–H groups in total. The van der Waals surface area contributed by atoms with Gasteiger partial charge in [0.15, 0.2) is 0 Å². The third-order valence-corrected chi connectivity index (χ3v) is 13.2. The fourth-order valence-electron chi connectivity index (χ4n) is 10.5. The first-order valence-electron chi connectivity index (χ1n) is 20.8. The number of benzene rings is 8. The molecule has 5 heterocycles. The van der Waals surface area contributed by atoms with E-state index in [0.717, 1.165) is 84.1 Å². The van der Waals surface area contributed by atoms with Crippen molar-refractivity contribution in [1.29, 1.82) is 0 Å². The van der Waals surface area contributed by atoms with E-state index >= 15 is 0 Å². The Labute approximate surface area is 348 Å². The molecule has 2 aromatic heterocycles. The van der Waals surface area contributed by atoms with Crippen molar-refractivity contribution in [2.75, 3.05) is 9.80 Å². The number of rotatable bonds is 4. The molecule has 4 nitrogen and oxygen atoms in total. The van der Waals surface area contributed by atoms with Crippen LogP contribution < -0.4 is 26.6 Å². The van der Waals surface area contributed by atoms with E-state index in [0.29, 0.717) is 0 Å². The van der Waals surface area contributed by atoms with Crippen molar-refractivity contribution >= 4 is 79.4 Å². The quantitative estimate of drug-likeness (QED) is 0.167. The van der Waals surface area contributed by atoms with Gasteiger partial charge in [-0.2, -0.15) is 0 Å². The minimum atomic E-state index is -0.291. The van der Waals surface area contributed by atoms with E-state index in [-0.39, 0.29) is 12.1 Å². The summed E-state index contributed by atoms with van der Waals surface area (Å²) in [7, 11) is 0. The SMILES string of the molecule is CC1(C)c2ccc3oc4c(c3c2)N(c2cccc(c2)-c2ccccc21)c1cc(N(c2ccccc2)c2ccccc2)cc2c1B4c1oc(-c3ccccc3)c3cccc-2c13. The van der Waals surface area contributed by atoms with Gasteiger partial charge in [-0.05, 0) is 99.5 Å². The van der Waals surface area contributed by atoms with E-state index < -0.39 is 0 Å². The van der Waals surface area contributed by atoms with Gasteiger partial charge in [0.2, 0.25) is 0 Å². The summed E-state index contributed by atoms with van der Waals surface area (Å²) in [6.07, 6.45) is 0. The molecule has 0 saturated heterocycles. The number of para-hydroxylation sites is 2. The molecule has 0 fully saturated rings. The van der Waals surface area contributed by atoms with Gasteiger partial charge in [-0.3, -0.25) is 0 Å². The van der Waals surface area contributed by atoms with Crippen LogP contribution in [0.15, 0.2) is 197 Å². The maximum atomic E-state index is 7.25. The van der Waals surface area contributed by atoms with Crippen molar-refractivity contribution < 1.29 is 8.83 Å². The molecule has 0 radical (unpaired) electrons. The molecule has 0 unspecified atom stereocenters. The zero-order chi connectivity index (χ0) is 39.7. The predicted molar refractivity (Wildman–Crippen MR) is 248 cm³/mol. The van der Waals surface area contributed by atoms with Gasteiger partial charge in [0.05, 0.1) is 11.3 Å². The molecule has 10 aromatic rings. The maximum absolute atomic E-state index is 7.25. The molecular formula is C55H37BN2O2. The molecule has 0 atom stereocenters. The van der Waals surface area contributed by atoms with E-state index in [1.807, 2.05) is 0 Å². The Morgan fingerprint density at radius 3 is 1.98 bits per heavy atom. The standard InChI is InChI=1S/C55H37BN2O2/c1-55(2)36-28-29-48-45(31-36)51-54(59-48)56-50-44(42-25-15-26-43-49(42)53(56)60-52(43)34-16-6-3-7-17-34)32-40(57(37-19-8-4-9-20-37)38-21-10-5-11-22-38)33-47(50)58(51)39-23-14-18-35(30-39)41-24-12-13-27-46(41)55/h3-33H,1-2H3. The molecule has 60 heavy (non-hydrogen) atoms. The molecule has 4 bridgehead atoms. The van der Waals surface area contributed by atoms with Gasteiger partial charge < -0.3 is 18.6 Å². The highest BCUT2D eigenvalue weighted by Crippen LogP contribution is 2.51. The highest BCUT2D eigenvalue weighted by molar-refractivity contribution is 6.99. The van der Waals surface area contributed by atoms with Gasteiger partial charge in [-0.1, -0.05) is 141 Å². The lowest BCUT2D eigenvalue weighted by Crippen LogP contribution is -2.58. The van der Waals surface area contributed by atoms with E-state index in [9.17, 15) is 0 Å². The van der Waals surface area contributed by atoms with Gasteiger partial charge in [-0.15, -0.1) is 0 Å². The molecular weight excluding hydrogens is 731 g/mol. The fourth-order valence-corrected chi connectivity index (χ4v) is 10.5. The van der Waals surface area contributed by atoms with E-state index in [1.54, 1.807) is 0 Å². The van der Waals surface area contributed by atoms with Crippen LogP contribution in [0.2, 0.25) is 0 Å². The number of hydrogen-bond donors (Lipinski definition) is 0. The summed E-state index contributed by atoms with van der Waals surface area (Å²) in [4.78, 5) is 4.86. The molecule has 13 rings (SSSR count). The highest BCUT2D eigenvalue weighted by Gasteiger charge is 2.48. The zero-order valence-electron chi connectivity index (χ0n) is 33.2. The van der Waals surface area contributed by atoms with Gasteiger partial charge in [0, 0.05) is 55.6 Å². The number of nitrogens with zero attached hydrogens (tertiary/aromatic N) is 2. The molecule has 282 valence electrons. The van der Waals surface area contributed by atoms with Gasteiger partial charge in [0.25, 0.3) is 0 Å². The van der Waals surface area contributed by atoms with Crippen LogP contribution in [-0.4, -0.2) is 6.71 Å². The average Bonchev–Trinajstić information content (AvgIpc) is 3.88. The minimum Gasteiger partial charge on any atom is -0.469 e. The summed E-state index contributed by atoms with van der Waals surface area (Å²) in [5.74, 6) is 0.882. The lowest BCUT2D eigenvalue weighted by molar-refractivity contribution is 0.615. The Balaban J connectivity index is 1.20. The summed E-state index contributed by atoms with van der Waals surface area (Å²) in [6, 6.07) is 68.2. The Hall–Kier alpha value is -7.50. The van der Waals surface area contributed by atoms with Gasteiger partial charge >= 0.3 is 6.71 Å². The van der Waals surface area contributed by atoms with Crippen LogP contribution in [0.5, 0.6) is 0 Å². The predicted octanol–water partition coefficient (Wildman–Crippen LogP) is 12.9. The second-order valence-corrected chi connectivity index (χ2v) is 16.8. The van der Waals surface area contributed by atoms with E-state index in [1.165, 1.54) is 33.3 Å². The van der Waals surface area contributed by atoms with Crippen molar-refractivity contribution in [3.8, 4) is 33.6 Å². The monoisotopic (exact) mass is 768 g/mol. The Morgan fingerprint density at radius 2 is 1.20 bits per heavy atom. The molecule has 0 spiro atoms. The lowest BCUT2D eigenvalue weighted by Gasteiger charge is -2.38. The first kappa shape index (κ1) is 33.5. The number of hydrogen-bond acceptors (Lipinski definition) is 4. The van der Waals surface area contributed by atoms with Crippen molar-refractivity contribution in [3.05, 3.63) is 199 Å². The average molecular weight is 769 g/mol. The van der Waals surface area contributed by atoms with E-state index in [2.05, 4.69) is 212 Å². The van der Waals surface area contributed by atoms with Gasteiger partial charge in [0.1, 0.15) is 17.0 Å². The van der Waals surface area contributed by atoms with Crippen molar-refractivity contribution in [2.45, 2.75) is 19.3 Å². The van der Waals surface area contributed by atoms with E-state index in [4.69, 9.17) is 8.83 Å². The molecule has 0 saturated carbocycles. The van der Waals surface area contributed by atoms with Crippen LogP contribution in [0.4, 0.5) is 34.1 Å². The van der Waals surface area contributed by atoms with Crippen molar-refractivity contribution in [3.63, 3.8) is 0 Å². The Kier molecular flexibility index (Phi) is 6.84. The normalized spacial score (nSPS) is 13.9. The summed E-state index contributed by atoms with van der Waals surface area (Å²) >= 11 is 0. The second-order valence-electron chi connectivity index (χ2n) is 16.8. The van der Waals surface area contributed by atoms with Crippen LogP contribution in [0, 0.1) is 0 Å². The summed E-state index contributed by atoms with van der Waals surface area (Å²) in [6.45, 7) is 4.40. The van der Waals surface area contributed by atoms with Crippen molar-refractivity contribution in [1.82, 2.24) is 0 Å². The molecule has 3 aliphatic heterocycles. The first-order valence-corrected chi connectivity index (χ1v) is 20.8. The van der Waals surface area contributed by atoms with Crippen LogP contribution >= 0.6 is 0 Å². The topological polar surface area (TPSA) is 32.8 Å². The van der Waals surface area contributed by atoms with Gasteiger partial charge in [-0.25, -0.2) is 0 Å². The highest BCUT2D eigenvalue weighted by atomic mass is 16.4. The lowest BCUT2D eigenvalue weighted by atomic mass is 9.36. The Morgan fingerprint density at radius 1 is 0.517 bits per heavy atom. The summed E-state index contributed by atoms with van der Waals surface area (Å²) in [5.41, 5.74) is 18.4. The number of anilines is 6. The molecule has 0 amide bonds. The van der Waals surface area contributed by atoms with Crippen molar-refractivity contribution in [2.24, 2.45) is 0 Å². The fraction of sp³-hybridized carbons (Fsp3) is 0.0545. The van der Waals surface area contributed by atoms with Crippen LogP contribution in [0.3, 0.4) is 0 Å². The largest absolute Gasteiger partial charge is 0.469 e. The third-order valence-electron chi connectivity index (χ3n) is 13.2. The molecule has 0 aliphatic carbocycles. The summed E-state index contributed by atoms with van der Waals surface area (Å²) < 4.78 is 14.5. The first-order chi connectivity index (χ1) is 29.5. The van der Waals surface area contributed by atoms with Crippen LogP contribution in [-0.2, 0) is 5.41 Å². The molecule has 8 aromatic carbocycles. The zero-order valence-corrected chi connectivity index (χ0v) is 33.2. The molecule has 3 aliphatic rings. The number of furan rings is 2. The smallest absolute Gasteiger partial charge is 0.338 e. The van der Waals surface area contributed by atoms with Crippen LogP contribution in [0.25, 0.3) is 55.3 Å². The summed E-state index contributed by atoms with van der Waals surface area (Å²) in [5, 5.41) is 3.33. The minimum absolute atomic E-state index is 0.290. The maximum Gasteiger partial charge on any atom is 0.338 e. The number of fused-ring (bicyclic) bond motifs is 10.